The summed E-state index contributed by atoms with van der Waals surface area (Å²) in [7, 11) is 0. The summed E-state index contributed by atoms with van der Waals surface area (Å²) in [4.78, 5) is 13.2. The van der Waals surface area contributed by atoms with Crippen LogP contribution in [0.25, 0.3) is 22.9 Å². The van der Waals surface area contributed by atoms with Crippen LogP contribution in [0.2, 0.25) is 0 Å². The number of ether oxygens (including phenoxy) is 1. The third-order valence-electron chi connectivity index (χ3n) is 4.29. The van der Waals surface area contributed by atoms with Gasteiger partial charge in [0, 0.05) is 23.5 Å². The summed E-state index contributed by atoms with van der Waals surface area (Å²) in [5.74, 6) is 2.45. The van der Waals surface area contributed by atoms with Crippen LogP contribution in [-0.2, 0) is 0 Å². The Kier molecular flexibility index (Phi) is 5.81. The Morgan fingerprint density at radius 1 is 1.00 bits per heavy atom. The fourth-order valence-corrected chi connectivity index (χ4v) is 2.79. The first-order chi connectivity index (χ1) is 14.3. The van der Waals surface area contributed by atoms with Crippen molar-refractivity contribution in [1.29, 1.82) is 0 Å². The lowest BCUT2D eigenvalue weighted by molar-refractivity contribution is 0.309. The van der Waals surface area contributed by atoms with Crippen molar-refractivity contribution < 1.29 is 9.15 Å². The van der Waals surface area contributed by atoms with Gasteiger partial charge in [-0.2, -0.15) is 0 Å². The fourth-order valence-electron chi connectivity index (χ4n) is 2.79. The Labute approximate surface area is 169 Å². The number of aromatic nitrogens is 3. The molecule has 2 aromatic carbocycles. The van der Waals surface area contributed by atoms with Gasteiger partial charge in [0.05, 0.1) is 12.8 Å². The summed E-state index contributed by atoms with van der Waals surface area (Å²) >= 11 is 0. The molecule has 146 valence electrons. The van der Waals surface area contributed by atoms with Gasteiger partial charge in [0.15, 0.2) is 5.76 Å². The molecule has 0 saturated heterocycles. The van der Waals surface area contributed by atoms with Crippen LogP contribution in [0.15, 0.2) is 77.5 Å². The van der Waals surface area contributed by atoms with Gasteiger partial charge in [0.2, 0.25) is 11.8 Å². The highest BCUT2D eigenvalue weighted by molar-refractivity contribution is 5.61. The normalized spacial score (nSPS) is 10.7. The minimum absolute atomic E-state index is 0.478. The van der Waals surface area contributed by atoms with Crippen molar-refractivity contribution in [2.45, 2.75) is 19.8 Å². The van der Waals surface area contributed by atoms with Crippen LogP contribution < -0.4 is 10.1 Å². The number of unbranched alkanes of at least 4 members (excludes halogenated alkanes) is 1. The summed E-state index contributed by atoms with van der Waals surface area (Å²) in [6, 6.07) is 19.3. The molecule has 0 bridgehead atoms. The van der Waals surface area contributed by atoms with E-state index >= 15 is 0 Å². The number of rotatable bonds is 8. The molecule has 1 N–H and O–H groups in total. The van der Waals surface area contributed by atoms with Crippen molar-refractivity contribution in [2.24, 2.45) is 0 Å². The van der Waals surface area contributed by atoms with E-state index in [9.17, 15) is 0 Å². The van der Waals surface area contributed by atoms with E-state index in [-0.39, 0.29) is 0 Å². The molecule has 2 heterocycles. The average molecular weight is 386 g/mol. The molecule has 29 heavy (non-hydrogen) atoms. The molecule has 0 aliphatic carbocycles. The van der Waals surface area contributed by atoms with E-state index in [1.54, 1.807) is 18.5 Å². The maximum Gasteiger partial charge on any atom is 0.227 e. The van der Waals surface area contributed by atoms with Crippen molar-refractivity contribution in [2.75, 3.05) is 11.9 Å². The second-order valence-electron chi connectivity index (χ2n) is 6.52. The van der Waals surface area contributed by atoms with E-state index in [4.69, 9.17) is 9.15 Å². The van der Waals surface area contributed by atoms with Gasteiger partial charge in [-0.1, -0.05) is 37.6 Å². The first-order valence-electron chi connectivity index (χ1n) is 9.66. The first kappa shape index (κ1) is 18.7. The minimum atomic E-state index is 0.478. The Hall–Kier alpha value is -3.67. The number of anilines is 2. The van der Waals surface area contributed by atoms with Gasteiger partial charge in [0.1, 0.15) is 11.4 Å². The molecule has 6 nitrogen and oxygen atoms in total. The van der Waals surface area contributed by atoms with Crippen molar-refractivity contribution in [1.82, 2.24) is 15.0 Å². The lowest BCUT2D eigenvalue weighted by atomic mass is 10.2. The monoisotopic (exact) mass is 386 g/mol. The molecule has 0 fully saturated rings. The van der Waals surface area contributed by atoms with E-state index in [2.05, 4.69) is 27.2 Å². The largest absolute Gasteiger partial charge is 0.494 e. The number of oxazole rings is 1. The predicted octanol–water partition coefficient (Wildman–Crippen LogP) is 5.72. The van der Waals surface area contributed by atoms with E-state index in [0.29, 0.717) is 29.9 Å². The van der Waals surface area contributed by atoms with Gasteiger partial charge in [-0.15, -0.1) is 0 Å². The van der Waals surface area contributed by atoms with Crippen molar-refractivity contribution in [3.05, 3.63) is 73.1 Å². The quantitative estimate of drug-likeness (QED) is 0.390. The maximum atomic E-state index is 5.89. The fraction of sp³-hybridized carbons (Fsp3) is 0.174. The van der Waals surface area contributed by atoms with Gasteiger partial charge in [-0.25, -0.2) is 15.0 Å². The van der Waals surface area contributed by atoms with Gasteiger partial charge in [0.25, 0.3) is 0 Å². The molecule has 0 spiro atoms. The summed E-state index contributed by atoms with van der Waals surface area (Å²) in [5, 5.41) is 3.22. The van der Waals surface area contributed by atoms with Crippen molar-refractivity contribution in [3.63, 3.8) is 0 Å². The number of nitrogens with one attached hydrogen (secondary N) is 1. The van der Waals surface area contributed by atoms with Gasteiger partial charge >= 0.3 is 0 Å². The van der Waals surface area contributed by atoms with E-state index in [1.165, 1.54) is 0 Å². The Bertz CT molecular complexity index is 1060. The number of hydrogen-bond acceptors (Lipinski definition) is 6. The van der Waals surface area contributed by atoms with E-state index < -0.39 is 0 Å². The standard InChI is InChI=1S/C23H22N4O2/c1-2-3-14-28-19-11-7-10-18(15-19)26-23-24-13-12-20(27-23)21-16-25-22(29-21)17-8-5-4-6-9-17/h4-13,15-16H,2-3,14H2,1H3,(H,24,26,27). The zero-order valence-electron chi connectivity index (χ0n) is 16.2. The second kappa shape index (κ2) is 9.01. The molecular formula is C23H22N4O2. The summed E-state index contributed by atoms with van der Waals surface area (Å²) in [6.45, 7) is 2.85. The molecule has 4 rings (SSSR count). The van der Waals surface area contributed by atoms with E-state index in [1.807, 2.05) is 54.6 Å². The SMILES string of the molecule is CCCCOc1cccc(Nc2nccc(-c3cnc(-c4ccccc4)o3)n2)c1. The molecule has 0 radical (unpaired) electrons. The second-order valence-corrected chi connectivity index (χ2v) is 6.52. The van der Waals surface area contributed by atoms with Crippen molar-refractivity contribution in [3.8, 4) is 28.7 Å². The lowest BCUT2D eigenvalue weighted by Crippen LogP contribution is -1.99. The average Bonchev–Trinajstić information content (AvgIpc) is 3.26. The van der Waals surface area contributed by atoms with Crippen molar-refractivity contribution >= 4 is 11.6 Å². The molecule has 0 aliphatic rings. The van der Waals surface area contributed by atoms with Crippen LogP contribution in [0.3, 0.4) is 0 Å². The zero-order valence-corrected chi connectivity index (χ0v) is 16.2. The zero-order chi connectivity index (χ0) is 19.9. The molecule has 0 saturated carbocycles. The smallest absolute Gasteiger partial charge is 0.227 e. The van der Waals surface area contributed by atoms with Crippen LogP contribution in [-0.4, -0.2) is 21.6 Å². The lowest BCUT2D eigenvalue weighted by Gasteiger charge is -2.09. The Morgan fingerprint density at radius 2 is 1.90 bits per heavy atom. The highest BCUT2D eigenvalue weighted by Crippen LogP contribution is 2.26. The molecule has 0 atom stereocenters. The van der Waals surface area contributed by atoms with Crippen LogP contribution in [0, 0.1) is 0 Å². The van der Waals surface area contributed by atoms with Gasteiger partial charge in [-0.3, -0.25) is 0 Å². The number of benzene rings is 2. The summed E-state index contributed by atoms with van der Waals surface area (Å²) < 4.78 is 11.6. The van der Waals surface area contributed by atoms with Crippen LogP contribution in [0.1, 0.15) is 19.8 Å². The third kappa shape index (κ3) is 4.79. The Morgan fingerprint density at radius 3 is 2.76 bits per heavy atom. The third-order valence-corrected chi connectivity index (χ3v) is 4.29. The highest BCUT2D eigenvalue weighted by Gasteiger charge is 2.10. The molecule has 2 aromatic heterocycles. The topological polar surface area (TPSA) is 73.1 Å². The maximum absolute atomic E-state index is 5.89. The van der Waals surface area contributed by atoms with Crippen LogP contribution in [0.5, 0.6) is 5.75 Å². The van der Waals surface area contributed by atoms with Crippen LogP contribution in [0.4, 0.5) is 11.6 Å². The summed E-state index contributed by atoms with van der Waals surface area (Å²) in [6.07, 6.45) is 5.50. The van der Waals surface area contributed by atoms with Crippen LogP contribution >= 0.6 is 0 Å². The Balaban J connectivity index is 1.50. The molecule has 0 unspecified atom stereocenters. The molecule has 0 amide bonds. The molecule has 0 aliphatic heterocycles. The highest BCUT2D eigenvalue weighted by atomic mass is 16.5. The number of hydrogen-bond donors (Lipinski definition) is 1. The molecule has 6 heteroatoms. The predicted molar refractivity (Wildman–Crippen MR) is 113 cm³/mol. The molecule has 4 aromatic rings. The molecular weight excluding hydrogens is 364 g/mol. The van der Waals surface area contributed by atoms with Gasteiger partial charge < -0.3 is 14.5 Å². The number of nitrogens with zero attached hydrogens (tertiary/aromatic N) is 3. The minimum Gasteiger partial charge on any atom is -0.494 e. The summed E-state index contributed by atoms with van der Waals surface area (Å²) in [5.41, 5.74) is 2.44. The van der Waals surface area contributed by atoms with E-state index in [0.717, 1.165) is 29.8 Å². The first-order valence-corrected chi connectivity index (χ1v) is 9.66. The van der Waals surface area contributed by atoms with Gasteiger partial charge in [-0.05, 0) is 36.8 Å².